The van der Waals surface area contributed by atoms with Crippen molar-refractivity contribution in [3.63, 3.8) is 0 Å². The van der Waals surface area contributed by atoms with Gasteiger partial charge in [-0.05, 0) is 23.3 Å². The molecule has 4 heteroatoms. The summed E-state index contributed by atoms with van der Waals surface area (Å²) < 4.78 is 0. The van der Waals surface area contributed by atoms with Gasteiger partial charge in [-0.1, -0.05) is 66.7 Å². The van der Waals surface area contributed by atoms with Gasteiger partial charge < -0.3 is 5.11 Å². The largest absolute Gasteiger partial charge is 0.506 e. The molecule has 0 heterocycles. The van der Waals surface area contributed by atoms with E-state index in [4.69, 9.17) is 0 Å². The van der Waals surface area contributed by atoms with Crippen LogP contribution in [0.3, 0.4) is 0 Å². The van der Waals surface area contributed by atoms with Gasteiger partial charge in [0.2, 0.25) is 5.78 Å². The van der Waals surface area contributed by atoms with Crippen molar-refractivity contribution in [2.45, 2.75) is 0 Å². The molecule has 0 atom stereocenters. The summed E-state index contributed by atoms with van der Waals surface area (Å²) in [6.07, 6.45) is 1.20. The summed E-state index contributed by atoms with van der Waals surface area (Å²) in [5, 5.41) is 13.5. The highest BCUT2D eigenvalue weighted by molar-refractivity contribution is 6.35. The Labute approximate surface area is 140 Å². The number of hydrogen-bond acceptors (Lipinski definition) is 4. The first-order valence-electron chi connectivity index (χ1n) is 7.51. The van der Waals surface area contributed by atoms with Gasteiger partial charge in [0.05, 0.1) is 11.9 Å². The highest BCUT2D eigenvalue weighted by Crippen LogP contribution is 2.21. The molecule has 0 aliphatic carbocycles. The summed E-state index contributed by atoms with van der Waals surface area (Å²) in [5.41, 5.74) is 5.80. The van der Waals surface area contributed by atoms with Gasteiger partial charge in [-0.3, -0.25) is 10.2 Å². The smallest absolute Gasteiger partial charge is 0.205 e. The zero-order chi connectivity index (χ0) is 16.8. The van der Waals surface area contributed by atoms with Crippen LogP contribution >= 0.6 is 0 Å². The van der Waals surface area contributed by atoms with E-state index in [1.807, 2.05) is 42.5 Å². The molecule has 0 spiro atoms. The lowest BCUT2D eigenvalue weighted by Gasteiger charge is -2.03. The maximum Gasteiger partial charge on any atom is 0.205 e. The summed E-state index contributed by atoms with van der Waals surface area (Å²) >= 11 is 0. The fourth-order valence-corrected chi connectivity index (χ4v) is 2.26. The molecule has 2 N–H and O–H groups in total. The number of carbonyl (C=O) groups excluding carboxylic acids is 1. The van der Waals surface area contributed by atoms with Gasteiger partial charge >= 0.3 is 0 Å². The standard InChI is InChI=1S/C20H16N2O2/c23-19-9-5-4-8-18(19)22-21-14-20(24)17-12-10-16(11-13-17)15-6-2-1-3-7-15/h1-14,22-23H/b21-14+. The first-order chi connectivity index (χ1) is 11.7. The van der Waals surface area contributed by atoms with E-state index in [0.29, 0.717) is 11.3 Å². The van der Waals surface area contributed by atoms with E-state index in [0.717, 1.165) is 11.1 Å². The van der Waals surface area contributed by atoms with E-state index >= 15 is 0 Å². The molecule has 24 heavy (non-hydrogen) atoms. The summed E-state index contributed by atoms with van der Waals surface area (Å²) in [7, 11) is 0. The molecular formula is C20H16N2O2. The minimum absolute atomic E-state index is 0.0781. The number of benzene rings is 3. The Balaban J connectivity index is 1.67. The van der Waals surface area contributed by atoms with E-state index in [1.165, 1.54) is 6.21 Å². The lowest BCUT2D eigenvalue weighted by Crippen LogP contribution is -2.02. The van der Waals surface area contributed by atoms with E-state index in [-0.39, 0.29) is 11.5 Å². The van der Waals surface area contributed by atoms with Crippen molar-refractivity contribution in [3.8, 4) is 16.9 Å². The molecule has 0 aliphatic heterocycles. The quantitative estimate of drug-likeness (QED) is 0.318. The molecule has 0 amide bonds. The van der Waals surface area contributed by atoms with Crippen molar-refractivity contribution < 1.29 is 9.90 Å². The number of anilines is 1. The number of ketones is 1. The Morgan fingerprint density at radius 1 is 0.833 bits per heavy atom. The predicted octanol–water partition coefficient (Wildman–Crippen LogP) is 4.34. The maximum atomic E-state index is 12.1. The number of rotatable bonds is 5. The molecule has 0 saturated heterocycles. The zero-order valence-electron chi connectivity index (χ0n) is 12.9. The topological polar surface area (TPSA) is 61.7 Å². The average molecular weight is 316 g/mol. The molecule has 3 aromatic rings. The summed E-state index contributed by atoms with van der Waals surface area (Å²) in [5.74, 6) is -0.133. The highest BCUT2D eigenvalue weighted by Gasteiger charge is 2.04. The van der Waals surface area contributed by atoms with Gasteiger partial charge in [0.1, 0.15) is 5.75 Å². The molecule has 4 nitrogen and oxygen atoms in total. The molecule has 3 rings (SSSR count). The highest BCUT2D eigenvalue weighted by atomic mass is 16.3. The number of nitrogens with one attached hydrogen (secondary N) is 1. The van der Waals surface area contributed by atoms with Crippen molar-refractivity contribution in [1.82, 2.24) is 0 Å². The van der Waals surface area contributed by atoms with Crippen LogP contribution in [0.15, 0.2) is 84.0 Å². The number of phenolic OH excluding ortho intramolecular Hbond substituents is 1. The first-order valence-corrected chi connectivity index (χ1v) is 7.51. The molecule has 3 aromatic carbocycles. The molecule has 0 aromatic heterocycles. The molecule has 118 valence electrons. The second kappa shape index (κ2) is 7.24. The Kier molecular flexibility index (Phi) is 4.68. The molecule has 0 saturated carbocycles. The number of aromatic hydroxyl groups is 1. The molecule has 0 radical (unpaired) electrons. The van der Waals surface area contributed by atoms with Gasteiger partial charge in [0, 0.05) is 5.56 Å². The van der Waals surface area contributed by atoms with Crippen LogP contribution in [-0.2, 0) is 0 Å². The number of phenols is 1. The normalized spacial score (nSPS) is 10.7. The average Bonchev–Trinajstić information content (AvgIpc) is 2.64. The van der Waals surface area contributed by atoms with Crippen molar-refractivity contribution in [2.24, 2.45) is 5.10 Å². The zero-order valence-corrected chi connectivity index (χ0v) is 12.9. The lowest BCUT2D eigenvalue weighted by molar-refractivity contribution is 0.107. The van der Waals surface area contributed by atoms with E-state index in [2.05, 4.69) is 10.5 Å². The van der Waals surface area contributed by atoms with Crippen LogP contribution in [0.25, 0.3) is 11.1 Å². The van der Waals surface area contributed by atoms with Gasteiger partial charge in [0.25, 0.3) is 0 Å². The minimum atomic E-state index is -0.211. The first kappa shape index (κ1) is 15.5. The Hall–Kier alpha value is -3.40. The number of carbonyl (C=O) groups is 1. The number of Topliss-reactive ketones (excluding diaryl/α,β-unsaturated/α-hetero) is 1. The third kappa shape index (κ3) is 3.67. The van der Waals surface area contributed by atoms with Gasteiger partial charge in [-0.15, -0.1) is 0 Å². The third-order valence-corrected chi connectivity index (χ3v) is 3.55. The fourth-order valence-electron chi connectivity index (χ4n) is 2.26. The van der Waals surface area contributed by atoms with Crippen LogP contribution in [0.4, 0.5) is 5.69 Å². The van der Waals surface area contributed by atoms with Crippen LogP contribution in [0.2, 0.25) is 0 Å². The van der Waals surface area contributed by atoms with Crippen molar-refractivity contribution in [3.05, 3.63) is 84.4 Å². The van der Waals surface area contributed by atoms with Crippen LogP contribution in [-0.4, -0.2) is 17.1 Å². The van der Waals surface area contributed by atoms with Crippen LogP contribution < -0.4 is 5.43 Å². The van der Waals surface area contributed by atoms with E-state index in [9.17, 15) is 9.90 Å². The van der Waals surface area contributed by atoms with Crippen LogP contribution in [0.5, 0.6) is 5.75 Å². The number of hydrazone groups is 1. The maximum absolute atomic E-state index is 12.1. The number of para-hydroxylation sites is 2. The Bertz CT molecular complexity index is 856. The SMILES string of the molecule is O=C(/C=N/Nc1ccccc1O)c1ccc(-c2ccccc2)cc1. The summed E-state index contributed by atoms with van der Waals surface area (Å²) in [6.45, 7) is 0. The molecule has 0 bridgehead atoms. The second-order valence-electron chi connectivity index (χ2n) is 5.19. The molecule has 0 fully saturated rings. The molecule has 0 unspecified atom stereocenters. The summed E-state index contributed by atoms with van der Waals surface area (Å²) in [4.78, 5) is 12.1. The van der Waals surface area contributed by atoms with Gasteiger partial charge in [-0.2, -0.15) is 5.10 Å². The minimum Gasteiger partial charge on any atom is -0.506 e. The van der Waals surface area contributed by atoms with Gasteiger partial charge in [0.15, 0.2) is 0 Å². The number of nitrogens with zero attached hydrogens (tertiary/aromatic N) is 1. The lowest BCUT2D eigenvalue weighted by atomic mass is 10.0. The van der Waals surface area contributed by atoms with Crippen LogP contribution in [0, 0.1) is 0 Å². The Morgan fingerprint density at radius 3 is 2.17 bits per heavy atom. The third-order valence-electron chi connectivity index (χ3n) is 3.55. The monoisotopic (exact) mass is 316 g/mol. The van der Waals surface area contributed by atoms with Gasteiger partial charge in [-0.25, -0.2) is 0 Å². The van der Waals surface area contributed by atoms with Crippen molar-refractivity contribution in [2.75, 3.05) is 5.43 Å². The summed E-state index contributed by atoms with van der Waals surface area (Å²) in [6, 6.07) is 24.0. The van der Waals surface area contributed by atoms with E-state index in [1.54, 1.807) is 36.4 Å². The molecule has 0 aliphatic rings. The molecular weight excluding hydrogens is 300 g/mol. The van der Waals surface area contributed by atoms with Crippen LogP contribution in [0.1, 0.15) is 10.4 Å². The predicted molar refractivity (Wildman–Crippen MR) is 96.4 cm³/mol. The van der Waals surface area contributed by atoms with Crippen molar-refractivity contribution in [1.29, 1.82) is 0 Å². The van der Waals surface area contributed by atoms with Crippen molar-refractivity contribution >= 4 is 17.7 Å². The van der Waals surface area contributed by atoms with E-state index < -0.39 is 0 Å². The Morgan fingerprint density at radius 2 is 1.46 bits per heavy atom. The second-order valence-corrected chi connectivity index (χ2v) is 5.19. The fraction of sp³-hybridized carbons (Fsp3) is 0. The number of hydrogen-bond donors (Lipinski definition) is 2.